The summed E-state index contributed by atoms with van der Waals surface area (Å²) < 4.78 is 0. The first-order chi connectivity index (χ1) is 5.66. The third-order valence-electron chi connectivity index (χ3n) is 3.66. The third-order valence-corrected chi connectivity index (χ3v) is 3.66. The lowest BCUT2D eigenvalue weighted by atomic mass is 9.83. The zero-order valence-corrected chi connectivity index (χ0v) is 8.72. The average Bonchev–Trinajstić information content (AvgIpc) is 2.34. The molecule has 0 aromatic carbocycles. The normalized spacial score (nSPS) is 38.5. The van der Waals surface area contributed by atoms with E-state index in [1.165, 1.54) is 25.7 Å². The molecule has 72 valence electrons. The van der Waals surface area contributed by atoms with Gasteiger partial charge in [0, 0.05) is 6.04 Å². The summed E-state index contributed by atoms with van der Waals surface area (Å²) in [5, 5.41) is 0. The van der Waals surface area contributed by atoms with Gasteiger partial charge >= 0.3 is 0 Å². The van der Waals surface area contributed by atoms with Gasteiger partial charge in [-0.15, -0.1) is 0 Å². The van der Waals surface area contributed by atoms with Crippen molar-refractivity contribution in [2.45, 2.75) is 52.5 Å². The Labute approximate surface area is 76.7 Å². The van der Waals surface area contributed by atoms with E-state index in [0.29, 0.717) is 6.04 Å². The van der Waals surface area contributed by atoms with Crippen LogP contribution in [0.3, 0.4) is 0 Å². The van der Waals surface area contributed by atoms with Crippen LogP contribution in [0.1, 0.15) is 46.5 Å². The zero-order valence-electron chi connectivity index (χ0n) is 8.72. The van der Waals surface area contributed by atoms with Gasteiger partial charge in [-0.25, -0.2) is 0 Å². The molecule has 0 aliphatic heterocycles. The highest BCUT2D eigenvalue weighted by Crippen LogP contribution is 2.37. The highest BCUT2D eigenvalue weighted by atomic mass is 14.7. The molecule has 1 heteroatoms. The molecular formula is C11H23N. The Morgan fingerprint density at radius 2 is 2.08 bits per heavy atom. The molecule has 1 fully saturated rings. The lowest BCUT2D eigenvalue weighted by Gasteiger charge is -2.24. The topological polar surface area (TPSA) is 26.0 Å². The summed E-state index contributed by atoms with van der Waals surface area (Å²) in [5.41, 5.74) is 6.00. The summed E-state index contributed by atoms with van der Waals surface area (Å²) in [6.45, 7) is 6.99. The van der Waals surface area contributed by atoms with Gasteiger partial charge in [0.1, 0.15) is 0 Å². The largest absolute Gasteiger partial charge is 0.327 e. The fourth-order valence-corrected chi connectivity index (χ4v) is 2.70. The van der Waals surface area contributed by atoms with E-state index >= 15 is 0 Å². The summed E-state index contributed by atoms with van der Waals surface area (Å²) in [5.74, 6) is 2.55. The van der Waals surface area contributed by atoms with Gasteiger partial charge in [0.05, 0.1) is 0 Å². The van der Waals surface area contributed by atoms with Gasteiger partial charge in [-0.1, -0.05) is 33.6 Å². The van der Waals surface area contributed by atoms with Crippen LogP contribution in [-0.2, 0) is 0 Å². The molecule has 4 atom stereocenters. The Morgan fingerprint density at radius 1 is 1.42 bits per heavy atom. The minimum absolute atomic E-state index is 0.481. The van der Waals surface area contributed by atoms with Crippen molar-refractivity contribution in [2.75, 3.05) is 0 Å². The van der Waals surface area contributed by atoms with Crippen molar-refractivity contribution in [1.82, 2.24) is 0 Å². The van der Waals surface area contributed by atoms with Crippen LogP contribution in [-0.4, -0.2) is 6.04 Å². The van der Waals surface area contributed by atoms with Crippen LogP contribution >= 0.6 is 0 Å². The maximum atomic E-state index is 6.00. The predicted octanol–water partition coefficient (Wildman–Crippen LogP) is 2.80. The second-order valence-electron chi connectivity index (χ2n) is 4.53. The van der Waals surface area contributed by atoms with Crippen molar-refractivity contribution >= 4 is 0 Å². The lowest BCUT2D eigenvalue weighted by molar-refractivity contribution is 0.268. The fourth-order valence-electron chi connectivity index (χ4n) is 2.70. The molecule has 0 heterocycles. The van der Waals surface area contributed by atoms with Crippen molar-refractivity contribution in [3.05, 3.63) is 0 Å². The number of hydrogen-bond acceptors (Lipinski definition) is 1. The molecule has 0 aromatic heterocycles. The highest BCUT2D eigenvalue weighted by molar-refractivity contribution is 4.86. The second-order valence-corrected chi connectivity index (χ2v) is 4.53. The monoisotopic (exact) mass is 169 g/mol. The standard InChI is InChI=1S/C11H23N/c1-4-5-8(2)10-6-7-11(12)9(10)3/h8-11H,4-7,12H2,1-3H3. The van der Waals surface area contributed by atoms with Crippen LogP contribution in [0.15, 0.2) is 0 Å². The molecule has 1 saturated carbocycles. The van der Waals surface area contributed by atoms with Crippen LogP contribution in [0.2, 0.25) is 0 Å². The van der Waals surface area contributed by atoms with E-state index in [0.717, 1.165) is 17.8 Å². The van der Waals surface area contributed by atoms with Crippen molar-refractivity contribution < 1.29 is 0 Å². The zero-order chi connectivity index (χ0) is 9.14. The van der Waals surface area contributed by atoms with Crippen LogP contribution in [0.4, 0.5) is 0 Å². The van der Waals surface area contributed by atoms with Crippen molar-refractivity contribution in [1.29, 1.82) is 0 Å². The highest BCUT2D eigenvalue weighted by Gasteiger charge is 2.33. The van der Waals surface area contributed by atoms with Crippen LogP contribution < -0.4 is 5.73 Å². The van der Waals surface area contributed by atoms with Crippen molar-refractivity contribution in [3.8, 4) is 0 Å². The summed E-state index contributed by atoms with van der Waals surface area (Å²) >= 11 is 0. The molecule has 0 saturated heterocycles. The molecule has 0 amide bonds. The van der Waals surface area contributed by atoms with Crippen LogP contribution in [0.5, 0.6) is 0 Å². The summed E-state index contributed by atoms with van der Waals surface area (Å²) in [6.07, 6.45) is 5.31. The van der Waals surface area contributed by atoms with Crippen molar-refractivity contribution in [3.63, 3.8) is 0 Å². The fraction of sp³-hybridized carbons (Fsp3) is 1.00. The van der Waals surface area contributed by atoms with E-state index in [1.54, 1.807) is 0 Å². The quantitative estimate of drug-likeness (QED) is 0.690. The van der Waals surface area contributed by atoms with Gasteiger partial charge < -0.3 is 5.73 Å². The van der Waals surface area contributed by atoms with Crippen LogP contribution in [0, 0.1) is 17.8 Å². The smallest absolute Gasteiger partial charge is 0.00673 e. The molecule has 0 spiro atoms. The second kappa shape index (κ2) is 4.27. The van der Waals surface area contributed by atoms with Gasteiger partial charge in [0.2, 0.25) is 0 Å². The maximum absolute atomic E-state index is 6.00. The molecule has 2 N–H and O–H groups in total. The third kappa shape index (κ3) is 2.01. The van der Waals surface area contributed by atoms with E-state index < -0.39 is 0 Å². The number of rotatable bonds is 3. The van der Waals surface area contributed by atoms with E-state index in [-0.39, 0.29) is 0 Å². The SMILES string of the molecule is CCCC(C)C1CCC(N)C1C. The first-order valence-electron chi connectivity index (χ1n) is 5.42. The minimum Gasteiger partial charge on any atom is -0.327 e. The van der Waals surface area contributed by atoms with Gasteiger partial charge in [-0.2, -0.15) is 0 Å². The summed E-state index contributed by atoms with van der Waals surface area (Å²) in [6, 6.07) is 0.481. The Kier molecular flexibility index (Phi) is 3.57. The molecule has 4 unspecified atom stereocenters. The van der Waals surface area contributed by atoms with Gasteiger partial charge in [-0.05, 0) is 30.6 Å². The lowest BCUT2D eigenvalue weighted by Crippen LogP contribution is -2.27. The van der Waals surface area contributed by atoms with E-state index in [2.05, 4.69) is 20.8 Å². The van der Waals surface area contributed by atoms with Crippen molar-refractivity contribution in [2.24, 2.45) is 23.5 Å². The molecule has 0 radical (unpaired) electrons. The molecule has 1 aliphatic rings. The molecular weight excluding hydrogens is 146 g/mol. The Bertz CT molecular complexity index is 133. The van der Waals surface area contributed by atoms with Gasteiger partial charge in [0.15, 0.2) is 0 Å². The predicted molar refractivity (Wildman–Crippen MR) is 53.9 cm³/mol. The molecule has 1 rings (SSSR count). The van der Waals surface area contributed by atoms with Gasteiger partial charge in [0.25, 0.3) is 0 Å². The first-order valence-corrected chi connectivity index (χ1v) is 5.42. The van der Waals surface area contributed by atoms with E-state index in [1.807, 2.05) is 0 Å². The summed E-state index contributed by atoms with van der Waals surface area (Å²) in [7, 11) is 0. The molecule has 0 aromatic rings. The maximum Gasteiger partial charge on any atom is 0.00673 e. The Balaban J connectivity index is 2.41. The first kappa shape index (κ1) is 10.0. The average molecular weight is 169 g/mol. The minimum atomic E-state index is 0.481. The van der Waals surface area contributed by atoms with E-state index in [4.69, 9.17) is 5.73 Å². The number of hydrogen-bond donors (Lipinski definition) is 1. The number of nitrogens with two attached hydrogens (primary N) is 1. The molecule has 12 heavy (non-hydrogen) atoms. The van der Waals surface area contributed by atoms with Crippen LogP contribution in [0.25, 0.3) is 0 Å². The van der Waals surface area contributed by atoms with E-state index in [9.17, 15) is 0 Å². The Hall–Kier alpha value is -0.0400. The molecule has 1 aliphatic carbocycles. The molecule has 0 bridgehead atoms. The Morgan fingerprint density at radius 3 is 2.50 bits per heavy atom. The molecule has 1 nitrogen and oxygen atoms in total. The summed E-state index contributed by atoms with van der Waals surface area (Å²) in [4.78, 5) is 0. The van der Waals surface area contributed by atoms with Gasteiger partial charge in [-0.3, -0.25) is 0 Å².